The van der Waals surface area contributed by atoms with Crippen molar-refractivity contribution in [1.29, 1.82) is 0 Å². The molecule has 0 radical (unpaired) electrons. The van der Waals surface area contributed by atoms with E-state index in [4.69, 9.17) is 14.5 Å². The van der Waals surface area contributed by atoms with E-state index in [1.807, 2.05) is 48.5 Å². The van der Waals surface area contributed by atoms with Crippen LogP contribution in [0.15, 0.2) is 53.7 Å². The van der Waals surface area contributed by atoms with E-state index in [1.54, 1.807) is 11.8 Å². The molecule has 1 aliphatic heterocycles. The molecule has 4 rings (SSSR count). The Morgan fingerprint density at radius 3 is 2.61 bits per heavy atom. The van der Waals surface area contributed by atoms with Crippen molar-refractivity contribution in [1.82, 2.24) is 15.2 Å². The van der Waals surface area contributed by atoms with E-state index in [2.05, 4.69) is 29.4 Å². The van der Waals surface area contributed by atoms with Crippen molar-refractivity contribution < 1.29 is 9.47 Å². The third-order valence-electron chi connectivity index (χ3n) is 5.52. The van der Waals surface area contributed by atoms with Gasteiger partial charge in [-0.3, -0.25) is 0 Å². The van der Waals surface area contributed by atoms with Crippen LogP contribution in [0.3, 0.4) is 0 Å². The fraction of sp³-hybridized carbons (Fsp3) is 0.423. The van der Waals surface area contributed by atoms with Crippen LogP contribution in [0, 0.1) is 0 Å². The minimum Gasteiger partial charge on any atom is -0.493 e. The molecule has 3 aromatic rings. The summed E-state index contributed by atoms with van der Waals surface area (Å²) in [5, 5.41) is 13.1. The molecule has 1 atom stereocenters. The number of unbranched alkanes of at least 4 members (excludes halogenated alkanes) is 4. The molecule has 6 nitrogen and oxygen atoms in total. The van der Waals surface area contributed by atoms with Gasteiger partial charge in [0.25, 0.3) is 0 Å². The van der Waals surface area contributed by atoms with Crippen molar-refractivity contribution in [2.24, 2.45) is 0 Å². The van der Waals surface area contributed by atoms with Crippen LogP contribution in [0.5, 0.6) is 11.6 Å². The average Bonchev–Trinajstić information content (AvgIpc) is 3.01. The normalized spacial score (nSPS) is 14.4. The van der Waals surface area contributed by atoms with E-state index in [0.717, 1.165) is 54.0 Å². The van der Waals surface area contributed by atoms with E-state index in [0.29, 0.717) is 23.3 Å². The highest BCUT2D eigenvalue weighted by molar-refractivity contribution is 7.99. The highest BCUT2D eigenvalue weighted by Gasteiger charge is 2.27. The number of benzene rings is 2. The predicted octanol–water partition coefficient (Wildman–Crippen LogP) is 6.89. The van der Waals surface area contributed by atoms with Gasteiger partial charge in [-0.15, -0.1) is 10.2 Å². The summed E-state index contributed by atoms with van der Waals surface area (Å²) in [6.07, 6.45) is 6.43. The number of hydrogen-bond donors (Lipinski definition) is 1. The number of hydrogen-bond acceptors (Lipinski definition) is 7. The number of nitrogens with zero attached hydrogens (tertiary/aromatic N) is 3. The van der Waals surface area contributed by atoms with Crippen LogP contribution in [-0.4, -0.2) is 27.5 Å². The van der Waals surface area contributed by atoms with Crippen LogP contribution < -0.4 is 14.8 Å². The number of nitrogens with one attached hydrogen (secondary N) is 1. The van der Waals surface area contributed by atoms with Crippen LogP contribution in [-0.2, 0) is 0 Å². The number of aromatic nitrogens is 3. The Labute approximate surface area is 200 Å². The molecule has 1 aromatic heterocycles. The highest BCUT2D eigenvalue weighted by Crippen LogP contribution is 2.41. The van der Waals surface area contributed by atoms with Gasteiger partial charge < -0.3 is 14.8 Å². The number of thioether (sulfide) groups is 1. The third kappa shape index (κ3) is 5.96. The molecule has 0 spiro atoms. The molecular weight excluding hydrogens is 432 g/mol. The van der Waals surface area contributed by atoms with Gasteiger partial charge in [-0.1, -0.05) is 81.6 Å². The molecule has 0 fully saturated rings. The average molecular weight is 465 g/mol. The summed E-state index contributed by atoms with van der Waals surface area (Å²) < 4.78 is 12.6. The number of para-hydroxylation sites is 2. The second-order valence-electron chi connectivity index (χ2n) is 8.08. The van der Waals surface area contributed by atoms with Crippen LogP contribution in [0.4, 0.5) is 5.69 Å². The molecule has 1 N–H and O–H groups in total. The van der Waals surface area contributed by atoms with Gasteiger partial charge in [0.15, 0.2) is 5.69 Å². The first kappa shape index (κ1) is 23.4. The summed E-state index contributed by atoms with van der Waals surface area (Å²) in [4.78, 5) is 4.75. The van der Waals surface area contributed by atoms with E-state index in [1.165, 1.54) is 12.8 Å². The molecule has 0 aliphatic carbocycles. The molecule has 0 bridgehead atoms. The van der Waals surface area contributed by atoms with Crippen molar-refractivity contribution in [3.05, 3.63) is 54.1 Å². The number of anilines is 1. The number of fused-ring (bicyclic) bond motifs is 3. The van der Waals surface area contributed by atoms with Crippen LogP contribution in [0.2, 0.25) is 0 Å². The highest BCUT2D eigenvalue weighted by atomic mass is 32.2. The molecule has 33 heavy (non-hydrogen) atoms. The topological polar surface area (TPSA) is 69.2 Å². The summed E-state index contributed by atoms with van der Waals surface area (Å²) in [6.45, 7) is 5.08. The van der Waals surface area contributed by atoms with Gasteiger partial charge in [-0.25, -0.2) is 0 Å². The summed E-state index contributed by atoms with van der Waals surface area (Å²) in [7, 11) is 0. The molecule has 0 saturated heterocycles. The van der Waals surface area contributed by atoms with Crippen molar-refractivity contribution >= 4 is 17.4 Å². The van der Waals surface area contributed by atoms with Crippen LogP contribution in [0.1, 0.15) is 64.2 Å². The minimum absolute atomic E-state index is 0.454. The van der Waals surface area contributed by atoms with Gasteiger partial charge in [0.1, 0.15) is 5.75 Å². The standard InChI is InChI=1S/C26H32N4O2S/c1-3-5-11-17-31-22-16-10-8-14-20(22)24-27-21-15-9-7-13-19(21)23-25(32-24)28-26(30-29-23)33-18-12-6-4-2/h7-10,13-16,24,27H,3-6,11-12,17-18H2,1-2H3/t24-/m0/s1. The molecule has 174 valence electrons. The lowest BCUT2D eigenvalue weighted by Crippen LogP contribution is -2.18. The summed E-state index contributed by atoms with van der Waals surface area (Å²) in [5.41, 5.74) is 3.45. The maximum atomic E-state index is 6.44. The van der Waals surface area contributed by atoms with Gasteiger partial charge >= 0.3 is 0 Å². The molecule has 7 heteroatoms. The van der Waals surface area contributed by atoms with Crippen molar-refractivity contribution in [2.45, 2.75) is 63.8 Å². The summed E-state index contributed by atoms with van der Waals surface area (Å²) in [6, 6.07) is 16.1. The van der Waals surface area contributed by atoms with Crippen LogP contribution >= 0.6 is 11.8 Å². The van der Waals surface area contributed by atoms with Crippen molar-refractivity contribution in [3.8, 4) is 22.9 Å². The van der Waals surface area contributed by atoms with Gasteiger partial charge in [0.05, 0.1) is 12.2 Å². The first-order valence-electron chi connectivity index (χ1n) is 11.9. The monoisotopic (exact) mass is 464 g/mol. The lowest BCUT2D eigenvalue weighted by atomic mass is 10.1. The Kier molecular flexibility index (Phi) is 8.41. The Morgan fingerprint density at radius 1 is 0.939 bits per heavy atom. The van der Waals surface area contributed by atoms with E-state index in [-0.39, 0.29) is 0 Å². The van der Waals surface area contributed by atoms with Gasteiger partial charge in [-0.2, -0.15) is 4.98 Å². The number of rotatable bonds is 11. The smallest absolute Gasteiger partial charge is 0.247 e. The molecule has 0 unspecified atom stereocenters. The maximum absolute atomic E-state index is 6.44. The first-order valence-corrected chi connectivity index (χ1v) is 12.9. The Hall–Kier alpha value is -2.80. The van der Waals surface area contributed by atoms with Crippen molar-refractivity contribution in [2.75, 3.05) is 17.7 Å². The molecule has 2 aromatic carbocycles. The zero-order valence-electron chi connectivity index (χ0n) is 19.4. The zero-order valence-corrected chi connectivity index (χ0v) is 20.2. The van der Waals surface area contributed by atoms with Gasteiger partial charge in [0.2, 0.25) is 17.3 Å². The second kappa shape index (κ2) is 11.9. The maximum Gasteiger partial charge on any atom is 0.247 e. The summed E-state index contributed by atoms with van der Waals surface area (Å²) >= 11 is 1.63. The van der Waals surface area contributed by atoms with Gasteiger partial charge in [-0.05, 0) is 31.0 Å². The Bertz CT molecular complexity index is 1050. The Balaban J connectivity index is 1.63. The number of ether oxygens (including phenoxy) is 2. The lowest BCUT2D eigenvalue weighted by molar-refractivity contribution is 0.215. The molecular formula is C26H32N4O2S. The molecule has 1 aliphatic rings. The summed E-state index contributed by atoms with van der Waals surface area (Å²) in [5.74, 6) is 2.29. The van der Waals surface area contributed by atoms with E-state index in [9.17, 15) is 0 Å². The van der Waals surface area contributed by atoms with Gasteiger partial charge in [0, 0.05) is 17.0 Å². The minimum atomic E-state index is -0.454. The predicted molar refractivity (Wildman–Crippen MR) is 134 cm³/mol. The fourth-order valence-corrected chi connectivity index (χ4v) is 4.50. The van der Waals surface area contributed by atoms with E-state index >= 15 is 0 Å². The zero-order chi connectivity index (χ0) is 22.9. The van der Waals surface area contributed by atoms with Crippen molar-refractivity contribution in [3.63, 3.8) is 0 Å². The quantitative estimate of drug-likeness (QED) is 0.245. The second-order valence-corrected chi connectivity index (χ2v) is 9.15. The Morgan fingerprint density at radius 2 is 1.73 bits per heavy atom. The molecule has 0 amide bonds. The largest absolute Gasteiger partial charge is 0.493 e. The molecule has 0 saturated carbocycles. The van der Waals surface area contributed by atoms with Crippen LogP contribution in [0.25, 0.3) is 11.3 Å². The fourth-order valence-electron chi connectivity index (χ4n) is 3.73. The SMILES string of the molecule is CCCCCOc1ccccc1[C@H]1Nc2ccccc2-c2nnc(SCCCCC)nc2O1. The third-order valence-corrected chi connectivity index (χ3v) is 6.44. The van der Waals surface area contributed by atoms with E-state index < -0.39 is 6.23 Å². The first-order chi connectivity index (χ1) is 16.3. The lowest BCUT2D eigenvalue weighted by Gasteiger charge is -2.22. The molecule has 2 heterocycles.